The van der Waals surface area contributed by atoms with E-state index >= 15 is 0 Å². The van der Waals surface area contributed by atoms with Crippen LogP contribution in [0.3, 0.4) is 0 Å². The molecule has 0 fully saturated rings. The summed E-state index contributed by atoms with van der Waals surface area (Å²) in [7, 11) is -3.70. The van der Waals surface area contributed by atoms with Crippen molar-refractivity contribution in [3.63, 3.8) is 0 Å². The van der Waals surface area contributed by atoms with E-state index in [2.05, 4.69) is 10.6 Å². The lowest BCUT2D eigenvalue weighted by atomic mass is 10.2. The van der Waals surface area contributed by atoms with Gasteiger partial charge in [0.15, 0.2) is 0 Å². The molecule has 116 valence electrons. The fraction of sp³-hybridized carbons (Fsp3) is 0.0714. The smallest absolute Gasteiger partial charge is 0.319 e. The second-order valence-electron chi connectivity index (χ2n) is 4.62. The highest BCUT2D eigenvalue weighted by Gasteiger charge is 2.07. The Morgan fingerprint density at radius 3 is 2.14 bits per heavy atom. The minimum Gasteiger partial charge on any atom is -0.399 e. The molecule has 0 atom stereocenters. The summed E-state index contributed by atoms with van der Waals surface area (Å²) >= 11 is 0. The number of hydrogen-bond donors (Lipinski definition) is 4. The molecular weight excluding hydrogens is 304 g/mol. The molecule has 0 spiro atoms. The van der Waals surface area contributed by atoms with Crippen LogP contribution in [0.1, 0.15) is 5.56 Å². The van der Waals surface area contributed by atoms with Crippen LogP contribution in [0.5, 0.6) is 0 Å². The van der Waals surface area contributed by atoms with Gasteiger partial charge in [0.1, 0.15) is 0 Å². The van der Waals surface area contributed by atoms with E-state index in [1.807, 2.05) is 0 Å². The Labute approximate surface area is 128 Å². The monoisotopic (exact) mass is 320 g/mol. The minimum absolute atomic E-state index is 0.0302. The normalized spacial score (nSPS) is 11.0. The lowest BCUT2D eigenvalue weighted by Gasteiger charge is -2.08. The van der Waals surface area contributed by atoms with E-state index in [-0.39, 0.29) is 17.5 Å². The van der Waals surface area contributed by atoms with E-state index in [9.17, 15) is 13.2 Å². The fourth-order valence-electron chi connectivity index (χ4n) is 1.72. The average Bonchev–Trinajstić information content (AvgIpc) is 2.47. The molecule has 2 rings (SSSR count). The molecule has 2 amide bonds. The maximum atomic E-state index is 11.7. The van der Waals surface area contributed by atoms with Crippen molar-refractivity contribution in [1.29, 1.82) is 0 Å². The van der Waals surface area contributed by atoms with Crippen LogP contribution >= 0.6 is 0 Å². The van der Waals surface area contributed by atoms with Crippen LogP contribution in [0.25, 0.3) is 0 Å². The maximum absolute atomic E-state index is 11.7. The SMILES string of the molecule is Nc1ccc(NC(=O)NCc2ccc(S(N)(=O)=O)cc2)cc1. The van der Waals surface area contributed by atoms with Crippen LogP contribution in [-0.4, -0.2) is 14.4 Å². The summed E-state index contributed by atoms with van der Waals surface area (Å²) in [5.41, 5.74) is 7.54. The number of urea groups is 1. The zero-order chi connectivity index (χ0) is 16.2. The van der Waals surface area contributed by atoms with Gasteiger partial charge >= 0.3 is 6.03 Å². The molecule has 2 aromatic rings. The van der Waals surface area contributed by atoms with E-state index in [0.717, 1.165) is 5.56 Å². The van der Waals surface area contributed by atoms with Gasteiger partial charge in [-0.1, -0.05) is 12.1 Å². The number of carbonyl (C=O) groups excluding carboxylic acids is 1. The number of rotatable bonds is 4. The van der Waals surface area contributed by atoms with Crippen molar-refractivity contribution in [3.05, 3.63) is 54.1 Å². The third-order valence-corrected chi connectivity index (χ3v) is 3.80. The predicted octanol–water partition coefficient (Wildman–Crippen LogP) is 1.24. The van der Waals surface area contributed by atoms with E-state index < -0.39 is 10.0 Å². The van der Waals surface area contributed by atoms with Crippen LogP contribution in [0.15, 0.2) is 53.4 Å². The number of sulfonamides is 1. The highest BCUT2D eigenvalue weighted by molar-refractivity contribution is 7.89. The molecule has 0 heterocycles. The molecule has 7 nitrogen and oxygen atoms in total. The van der Waals surface area contributed by atoms with E-state index in [1.165, 1.54) is 12.1 Å². The van der Waals surface area contributed by atoms with Crippen molar-refractivity contribution < 1.29 is 13.2 Å². The number of carbonyl (C=O) groups is 1. The zero-order valence-corrected chi connectivity index (χ0v) is 12.4. The molecule has 8 heteroatoms. The molecule has 22 heavy (non-hydrogen) atoms. The van der Waals surface area contributed by atoms with Gasteiger partial charge in [-0.05, 0) is 42.0 Å². The largest absolute Gasteiger partial charge is 0.399 e. The highest BCUT2D eigenvalue weighted by Crippen LogP contribution is 2.11. The molecule has 0 unspecified atom stereocenters. The van der Waals surface area contributed by atoms with Gasteiger partial charge in [-0.25, -0.2) is 18.4 Å². The van der Waals surface area contributed by atoms with Crippen molar-refractivity contribution in [2.45, 2.75) is 11.4 Å². The Balaban J connectivity index is 1.89. The molecule has 0 aromatic heterocycles. The Morgan fingerprint density at radius 2 is 1.59 bits per heavy atom. The van der Waals surface area contributed by atoms with Gasteiger partial charge in [0.2, 0.25) is 10.0 Å². The number of hydrogen-bond acceptors (Lipinski definition) is 4. The summed E-state index contributed by atoms with van der Waals surface area (Å²) in [4.78, 5) is 11.8. The van der Waals surface area contributed by atoms with Crippen molar-refractivity contribution in [1.82, 2.24) is 5.32 Å². The maximum Gasteiger partial charge on any atom is 0.319 e. The number of anilines is 2. The zero-order valence-electron chi connectivity index (χ0n) is 11.6. The first-order chi connectivity index (χ1) is 10.3. The van der Waals surface area contributed by atoms with Crippen LogP contribution < -0.4 is 21.5 Å². The van der Waals surface area contributed by atoms with Gasteiger partial charge in [0.05, 0.1) is 4.90 Å². The number of nitrogens with two attached hydrogens (primary N) is 2. The van der Waals surface area contributed by atoms with Crippen LogP contribution in [0.4, 0.5) is 16.2 Å². The van der Waals surface area contributed by atoms with Gasteiger partial charge < -0.3 is 16.4 Å². The number of nitrogen functional groups attached to an aromatic ring is 1. The standard InChI is InChI=1S/C14H16N4O3S/c15-11-3-5-12(6-4-11)18-14(19)17-9-10-1-7-13(8-2-10)22(16,20)21/h1-8H,9,15H2,(H2,16,20,21)(H2,17,18,19). The summed E-state index contributed by atoms with van der Waals surface area (Å²) in [5, 5.41) is 10.3. The molecule has 0 saturated carbocycles. The van der Waals surface area contributed by atoms with E-state index in [4.69, 9.17) is 10.9 Å². The second kappa shape index (κ2) is 6.46. The Hall–Kier alpha value is -2.58. The predicted molar refractivity (Wildman–Crippen MR) is 84.5 cm³/mol. The Morgan fingerprint density at radius 1 is 1.00 bits per heavy atom. The first-order valence-electron chi connectivity index (χ1n) is 6.37. The molecule has 0 aliphatic rings. The van der Waals surface area contributed by atoms with Gasteiger partial charge in [0, 0.05) is 17.9 Å². The van der Waals surface area contributed by atoms with Crippen molar-refractivity contribution in [3.8, 4) is 0 Å². The summed E-state index contributed by atoms with van der Waals surface area (Å²) in [6.45, 7) is 0.256. The van der Waals surface area contributed by atoms with Gasteiger partial charge in [0.25, 0.3) is 0 Å². The first-order valence-corrected chi connectivity index (χ1v) is 7.91. The minimum atomic E-state index is -3.70. The van der Waals surface area contributed by atoms with Crippen molar-refractivity contribution in [2.75, 3.05) is 11.1 Å². The van der Waals surface area contributed by atoms with Gasteiger partial charge in [-0.3, -0.25) is 0 Å². The second-order valence-corrected chi connectivity index (χ2v) is 6.18. The summed E-state index contributed by atoms with van der Waals surface area (Å²) in [6.07, 6.45) is 0. The van der Waals surface area contributed by atoms with Gasteiger partial charge in [-0.15, -0.1) is 0 Å². The van der Waals surface area contributed by atoms with E-state index in [0.29, 0.717) is 11.4 Å². The first kappa shape index (κ1) is 15.8. The van der Waals surface area contributed by atoms with Crippen molar-refractivity contribution in [2.24, 2.45) is 5.14 Å². The summed E-state index contributed by atoms with van der Waals surface area (Å²) < 4.78 is 22.3. The van der Waals surface area contributed by atoms with Crippen LogP contribution in [0.2, 0.25) is 0 Å². The molecule has 2 aromatic carbocycles. The molecular formula is C14H16N4O3S. The molecule has 6 N–H and O–H groups in total. The number of nitrogens with one attached hydrogen (secondary N) is 2. The average molecular weight is 320 g/mol. The lowest BCUT2D eigenvalue weighted by Crippen LogP contribution is -2.28. The molecule has 0 radical (unpaired) electrons. The Bertz CT molecular complexity index is 756. The third kappa shape index (κ3) is 4.47. The third-order valence-electron chi connectivity index (χ3n) is 2.87. The van der Waals surface area contributed by atoms with Crippen molar-refractivity contribution >= 4 is 27.4 Å². The van der Waals surface area contributed by atoms with Crippen LogP contribution in [0, 0.1) is 0 Å². The number of benzene rings is 2. The molecule has 0 aliphatic heterocycles. The summed E-state index contributed by atoms with van der Waals surface area (Å²) in [5.74, 6) is 0. The molecule has 0 bridgehead atoms. The highest BCUT2D eigenvalue weighted by atomic mass is 32.2. The number of primary sulfonamides is 1. The lowest BCUT2D eigenvalue weighted by molar-refractivity contribution is 0.251. The van der Waals surface area contributed by atoms with E-state index in [1.54, 1.807) is 36.4 Å². The quantitative estimate of drug-likeness (QED) is 0.632. The fourth-order valence-corrected chi connectivity index (χ4v) is 2.24. The molecule has 0 saturated heterocycles. The number of amides is 2. The van der Waals surface area contributed by atoms with Gasteiger partial charge in [-0.2, -0.15) is 0 Å². The topological polar surface area (TPSA) is 127 Å². The molecule has 0 aliphatic carbocycles. The van der Waals surface area contributed by atoms with Crippen LogP contribution in [-0.2, 0) is 16.6 Å². The summed E-state index contributed by atoms with van der Waals surface area (Å²) in [6, 6.07) is 12.3. The Kier molecular flexibility index (Phi) is 4.64.